The minimum Gasteiger partial charge on any atom is -0.313 e. The van der Waals surface area contributed by atoms with E-state index in [9.17, 15) is 0 Å². The summed E-state index contributed by atoms with van der Waals surface area (Å²) in [7, 11) is 12.5. The SMILES string of the molecule is C.Cn1c2ccccc2n2c3c(ccc4c5ccccc5sc43)nc12.Cn1c2ccccc2n2c3c(ccc4sc5cccnc5c43)nc12.Cn1c2ccccc2n2c3cc4c(cc3nc12)sc1cccnc14.Cn1c2ccccc2n2c3cc4sc5cccnc5c4cc3nc12.Cn1c2ccccc2n2c3ccc4c5ncccc5sc4c3nc12.Cn1c2ccccc2n2c3ccc4sc5cccnc5c4c3nc12. The number of pyridine rings is 5. The highest BCUT2D eigenvalue weighted by Crippen LogP contribution is 2.47. The normalized spacial score (nSPS) is 12.3. The van der Waals surface area contributed by atoms with Crippen molar-refractivity contribution >= 4 is 357 Å². The Hall–Kier alpha value is -17.5. The van der Waals surface area contributed by atoms with Crippen molar-refractivity contribution in [1.82, 2.24) is 109 Å². The monoisotopic (exact) mass is 1980 g/mol. The summed E-state index contributed by atoms with van der Waals surface area (Å²) in [5.41, 5.74) is 32.8. The lowest BCUT2D eigenvalue weighted by atomic mass is 10.1. The minimum atomic E-state index is 0. The number of hydrogen-bond donors (Lipinski definition) is 0. The summed E-state index contributed by atoms with van der Waals surface area (Å²) < 4.78 is 41.5. The Morgan fingerprint density at radius 3 is 1.03 bits per heavy atom. The van der Waals surface area contributed by atoms with Gasteiger partial charge in [0.05, 0.1) is 182 Å². The molecule has 29 heteroatoms. The zero-order valence-electron chi connectivity index (χ0n) is 77.5. The van der Waals surface area contributed by atoms with Crippen LogP contribution in [0.15, 0.2) is 334 Å². The van der Waals surface area contributed by atoms with Crippen molar-refractivity contribution in [2.75, 3.05) is 0 Å². The van der Waals surface area contributed by atoms with Crippen molar-refractivity contribution in [3.05, 3.63) is 334 Å². The number of hydrogen-bond acceptors (Lipinski definition) is 17. The van der Waals surface area contributed by atoms with Gasteiger partial charge in [0.15, 0.2) is 0 Å². The maximum Gasteiger partial charge on any atom is 0.215 e. The lowest BCUT2D eigenvalue weighted by Crippen LogP contribution is -1.87. The van der Waals surface area contributed by atoms with Gasteiger partial charge < -0.3 is 27.4 Å². The summed E-state index contributed by atoms with van der Waals surface area (Å²) in [6.07, 6.45) is 9.31. The van der Waals surface area contributed by atoms with Gasteiger partial charge in [-0.2, -0.15) is 0 Å². The second-order valence-electron chi connectivity index (χ2n) is 36.5. The molecule has 692 valence electrons. The van der Waals surface area contributed by atoms with Crippen molar-refractivity contribution < 1.29 is 0 Å². The largest absolute Gasteiger partial charge is 0.313 e. The van der Waals surface area contributed by atoms with Crippen LogP contribution in [0.1, 0.15) is 7.43 Å². The molecule has 36 aromatic rings. The van der Waals surface area contributed by atoms with Crippen LogP contribution in [0.5, 0.6) is 0 Å². The average molecular weight is 1990 g/mol. The summed E-state index contributed by atoms with van der Waals surface area (Å²) in [6.45, 7) is 0. The molecule has 23 aromatic heterocycles. The van der Waals surface area contributed by atoms with Crippen molar-refractivity contribution in [1.29, 1.82) is 0 Å². The lowest BCUT2D eigenvalue weighted by Gasteiger charge is -1.97. The van der Waals surface area contributed by atoms with Gasteiger partial charge >= 0.3 is 0 Å². The van der Waals surface area contributed by atoms with E-state index in [1.807, 2.05) is 72.7 Å². The zero-order chi connectivity index (χ0) is 95.0. The predicted octanol–water partition coefficient (Wildman–Crippen LogP) is 29.7. The average Bonchev–Trinajstić information content (AvgIpc) is 1.54. The number of nitrogens with zero attached hydrogens (tertiary/aromatic N) is 23. The molecule has 36 rings (SSSR count). The van der Waals surface area contributed by atoms with Gasteiger partial charge in [0, 0.05) is 134 Å². The van der Waals surface area contributed by atoms with Crippen LogP contribution in [-0.4, -0.2) is 109 Å². The van der Waals surface area contributed by atoms with Gasteiger partial charge in [0.1, 0.15) is 11.0 Å². The van der Waals surface area contributed by atoms with Gasteiger partial charge in [-0.3, -0.25) is 51.3 Å². The standard InChI is InChI=1S/C20H13N3S.5C19H12N4S.CH4/c1-22-15-7-3-4-8-16(15)23-18-14(21-20(22)23)11-10-13-12-6-2-5-9-17(12)24-19(13)18;1-22-12-5-2-3-6-13(12)23-18-11(21-19(22)23)8-9-14-16(18)17-15(24-14)7-4-10-20-17;1-22-12-5-2-3-6-13(12)23-14-9-8-11-16-15(7-4-10-20-16)24-18(11)17(14)21-19(22)23;1-22-11-5-2-3-6-12(11)23-13-8-9-14-16(17(13)21-19(22)23)18-15(24-14)7-4-10-20-18;1-22-13-5-2-3-6-14(13)23-15-9-11-17(10-12(15)21-19(22)23)24-16-7-4-8-20-18(11)16;1-22-13-5-2-3-6-14(13)23-15-10-17-11(9-12(15)21-19(22)23)18-16(24-17)7-4-8-20-18;/h2-11H,1H3;5*2-10H,1H3;1H4. The van der Waals surface area contributed by atoms with Crippen LogP contribution in [0.3, 0.4) is 0 Å². The Kier molecular flexibility index (Phi) is 18.0. The molecule has 0 fully saturated rings. The molecule has 23 heterocycles. The van der Waals surface area contributed by atoms with Crippen LogP contribution < -0.4 is 0 Å². The first-order valence-electron chi connectivity index (χ1n) is 47.2. The number of rotatable bonds is 0. The van der Waals surface area contributed by atoms with E-state index in [1.54, 1.807) is 56.7 Å². The highest BCUT2D eigenvalue weighted by atomic mass is 32.1. The summed E-state index contributed by atoms with van der Waals surface area (Å²) >= 11 is 10.8. The number of aryl methyl sites for hydroxylation is 6. The van der Waals surface area contributed by atoms with Gasteiger partial charge in [-0.25, -0.2) is 29.9 Å². The molecule has 0 aliphatic carbocycles. The van der Waals surface area contributed by atoms with Crippen LogP contribution in [0.25, 0.3) is 289 Å². The van der Waals surface area contributed by atoms with E-state index in [0.717, 1.165) is 123 Å². The second kappa shape index (κ2) is 31.3. The molecule has 0 bridgehead atoms. The lowest BCUT2D eigenvalue weighted by molar-refractivity contribution is 0.973. The van der Waals surface area contributed by atoms with Gasteiger partial charge in [0.25, 0.3) is 0 Å². The number of thiophene rings is 6. The topological polar surface area (TPSA) is 198 Å². The fourth-order valence-electron chi connectivity index (χ4n) is 22.3. The van der Waals surface area contributed by atoms with E-state index in [4.69, 9.17) is 29.9 Å². The van der Waals surface area contributed by atoms with Crippen LogP contribution >= 0.6 is 68.0 Å². The molecule has 0 saturated carbocycles. The predicted molar refractivity (Wildman–Crippen MR) is 608 cm³/mol. The van der Waals surface area contributed by atoms with Crippen molar-refractivity contribution in [2.24, 2.45) is 42.3 Å². The maximum absolute atomic E-state index is 5.00. The molecule has 0 atom stereocenters. The Bertz CT molecular complexity index is 11800. The summed E-state index contributed by atoms with van der Waals surface area (Å²) in [5.74, 6) is 5.85. The molecule has 145 heavy (non-hydrogen) atoms. The highest BCUT2D eigenvalue weighted by molar-refractivity contribution is 7.28. The van der Waals surface area contributed by atoms with Crippen molar-refractivity contribution in [2.45, 2.75) is 7.43 Å². The maximum atomic E-state index is 5.00. The highest BCUT2D eigenvalue weighted by Gasteiger charge is 2.27. The third-order valence-corrected chi connectivity index (χ3v) is 35.6. The molecule has 0 spiro atoms. The molecule has 0 aliphatic heterocycles. The Labute approximate surface area is 842 Å². The van der Waals surface area contributed by atoms with Gasteiger partial charge in [-0.1, -0.05) is 104 Å². The molecule has 0 radical (unpaired) electrons. The molecule has 0 amide bonds. The van der Waals surface area contributed by atoms with E-state index in [1.165, 1.54) is 166 Å². The van der Waals surface area contributed by atoms with E-state index >= 15 is 0 Å². The third-order valence-electron chi connectivity index (χ3n) is 28.8. The van der Waals surface area contributed by atoms with Crippen LogP contribution in [0.4, 0.5) is 0 Å². The van der Waals surface area contributed by atoms with Crippen LogP contribution in [0, 0.1) is 0 Å². The van der Waals surface area contributed by atoms with E-state index < -0.39 is 0 Å². The minimum absolute atomic E-state index is 0. The number of benzene rings is 13. The Morgan fingerprint density at radius 1 is 0.179 bits per heavy atom. The summed E-state index contributed by atoms with van der Waals surface area (Å²) in [5, 5.41) is 8.61. The number of imidazole rings is 12. The van der Waals surface area contributed by atoms with Crippen molar-refractivity contribution in [3.63, 3.8) is 0 Å². The number of aromatic nitrogens is 23. The molecule has 0 unspecified atom stereocenters. The quantitative estimate of drug-likeness (QED) is 0.140. The first kappa shape index (κ1) is 83.3. The number of para-hydroxylation sites is 12. The van der Waals surface area contributed by atoms with E-state index in [2.05, 4.69) is 394 Å². The molecular formula is C116H77N23S6. The first-order valence-corrected chi connectivity index (χ1v) is 52.1. The number of fused-ring (bicyclic) bond motifs is 52. The summed E-state index contributed by atoms with van der Waals surface area (Å²) in [6, 6.07) is 106. The first-order chi connectivity index (χ1) is 70.9. The van der Waals surface area contributed by atoms with Gasteiger partial charge in [-0.15, -0.1) is 68.0 Å². The zero-order valence-corrected chi connectivity index (χ0v) is 82.4. The fraction of sp³-hybridized carbons (Fsp3) is 0.0603. The molecule has 0 saturated heterocycles. The van der Waals surface area contributed by atoms with Gasteiger partial charge in [0.2, 0.25) is 34.7 Å². The van der Waals surface area contributed by atoms with Gasteiger partial charge in [-0.05, 0) is 206 Å². The van der Waals surface area contributed by atoms with Crippen molar-refractivity contribution in [3.8, 4) is 0 Å². The third kappa shape index (κ3) is 11.9. The Balaban J connectivity index is 0.0000000807. The summed E-state index contributed by atoms with van der Waals surface area (Å²) in [4.78, 5) is 52.5. The Morgan fingerprint density at radius 2 is 0.503 bits per heavy atom. The van der Waals surface area contributed by atoms with Crippen LogP contribution in [-0.2, 0) is 42.3 Å². The van der Waals surface area contributed by atoms with E-state index in [-0.39, 0.29) is 7.43 Å². The molecule has 0 aliphatic rings. The molecule has 13 aromatic carbocycles. The second-order valence-corrected chi connectivity index (χ2v) is 43.0. The molecule has 0 N–H and O–H groups in total. The van der Waals surface area contributed by atoms with Crippen LogP contribution in [0.2, 0.25) is 0 Å². The fourth-order valence-corrected chi connectivity index (χ4v) is 29.0. The smallest absolute Gasteiger partial charge is 0.215 e. The molecular weight excluding hydrogens is 1910 g/mol. The van der Waals surface area contributed by atoms with E-state index in [0.29, 0.717) is 0 Å². The molecule has 23 nitrogen and oxygen atoms in total.